The molecule has 0 bridgehead atoms. The molecule has 0 atom stereocenters. The molecule has 6 rings (SSSR count). The van der Waals surface area contributed by atoms with Gasteiger partial charge in [-0.2, -0.15) is 9.61 Å². The number of pyridine rings is 1. The lowest BCUT2D eigenvalue weighted by atomic mass is 9.88. The zero-order valence-corrected chi connectivity index (χ0v) is 20.3. The quantitative estimate of drug-likeness (QED) is 0.460. The van der Waals surface area contributed by atoms with E-state index in [2.05, 4.69) is 15.4 Å². The van der Waals surface area contributed by atoms with E-state index in [0.29, 0.717) is 43.7 Å². The van der Waals surface area contributed by atoms with Gasteiger partial charge < -0.3 is 10.2 Å². The number of anilines is 1. The van der Waals surface area contributed by atoms with E-state index in [9.17, 15) is 9.59 Å². The summed E-state index contributed by atoms with van der Waals surface area (Å²) in [6, 6.07) is 14.1. The van der Waals surface area contributed by atoms with Crippen LogP contribution in [-0.2, 0) is 4.79 Å². The molecular formula is C28H28N6O2. The Morgan fingerprint density at radius 3 is 2.58 bits per heavy atom. The highest BCUT2D eigenvalue weighted by atomic mass is 16.2. The lowest BCUT2D eigenvalue weighted by Crippen LogP contribution is -2.38. The number of rotatable bonds is 4. The number of carbonyl (C=O) groups is 2. The molecule has 0 aliphatic carbocycles. The highest BCUT2D eigenvalue weighted by Crippen LogP contribution is 2.37. The van der Waals surface area contributed by atoms with Crippen LogP contribution in [0.5, 0.6) is 0 Å². The number of carbonyl (C=O) groups excluding carboxylic acids is 2. The molecule has 36 heavy (non-hydrogen) atoms. The molecule has 8 heteroatoms. The van der Waals surface area contributed by atoms with Gasteiger partial charge in [0, 0.05) is 61.3 Å². The molecule has 1 fully saturated rings. The number of amides is 1. The number of nitrogens with one attached hydrogen (secondary N) is 1. The van der Waals surface area contributed by atoms with Gasteiger partial charge in [-0.1, -0.05) is 43.3 Å². The molecule has 5 heterocycles. The number of aromatic nitrogens is 4. The molecule has 4 aromatic rings. The summed E-state index contributed by atoms with van der Waals surface area (Å²) < 4.78 is 1.76. The van der Waals surface area contributed by atoms with E-state index in [0.717, 1.165) is 46.7 Å². The number of nitrogens with zero attached hydrogens (tertiary/aromatic N) is 5. The molecule has 3 aromatic heterocycles. The summed E-state index contributed by atoms with van der Waals surface area (Å²) in [4.78, 5) is 36.9. The highest BCUT2D eigenvalue weighted by molar-refractivity contribution is 6.04. The van der Waals surface area contributed by atoms with Crippen LogP contribution in [0.15, 0.2) is 54.9 Å². The zero-order chi connectivity index (χ0) is 24.6. The summed E-state index contributed by atoms with van der Waals surface area (Å²) in [5.74, 6) is 1.13. The Morgan fingerprint density at radius 2 is 1.86 bits per heavy atom. The first-order chi connectivity index (χ1) is 17.6. The van der Waals surface area contributed by atoms with Crippen LogP contribution >= 0.6 is 0 Å². The minimum atomic E-state index is 0.103. The molecule has 0 unspecified atom stereocenters. The normalized spacial score (nSPS) is 16.1. The van der Waals surface area contributed by atoms with Crippen molar-refractivity contribution in [1.82, 2.24) is 24.5 Å². The number of Topliss-reactive ketones (excluding diaryl/α,β-unsaturated/α-hetero) is 1. The van der Waals surface area contributed by atoms with E-state index in [1.54, 1.807) is 10.7 Å². The predicted octanol–water partition coefficient (Wildman–Crippen LogP) is 4.57. The van der Waals surface area contributed by atoms with Crippen molar-refractivity contribution in [2.45, 2.75) is 38.5 Å². The van der Waals surface area contributed by atoms with Gasteiger partial charge in [-0.3, -0.25) is 14.6 Å². The number of fused-ring (bicyclic) bond motifs is 3. The first-order valence-electron chi connectivity index (χ1n) is 12.6. The minimum Gasteiger partial charge on any atom is -0.369 e. The molecule has 1 amide bonds. The molecule has 1 saturated heterocycles. The second kappa shape index (κ2) is 9.18. The molecule has 8 nitrogen and oxygen atoms in total. The van der Waals surface area contributed by atoms with Crippen molar-refractivity contribution >= 4 is 23.2 Å². The fraction of sp³-hybridized carbons (Fsp3) is 0.321. The minimum absolute atomic E-state index is 0.103. The lowest BCUT2D eigenvalue weighted by Gasteiger charge is -2.33. The number of benzene rings is 1. The number of hydrogen-bond acceptors (Lipinski definition) is 6. The Bertz CT molecular complexity index is 1440. The van der Waals surface area contributed by atoms with Gasteiger partial charge in [0.1, 0.15) is 5.82 Å². The van der Waals surface area contributed by atoms with Gasteiger partial charge in [0.05, 0.1) is 23.1 Å². The Hall–Kier alpha value is -4.07. The first-order valence-corrected chi connectivity index (χ1v) is 12.6. The Morgan fingerprint density at radius 1 is 1.06 bits per heavy atom. The Kier molecular flexibility index (Phi) is 5.71. The maximum atomic E-state index is 13.1. The molecule has 0 spiro atoms. The molecule has 0 saturated carbocycles. The van der Waals surface area contributed by atoms with E-state index in [4.69, 9.17) is 4.98 Å². The topological polar surface area (TPSA) is 92.5 Å². The van der Waals surface area contributed by atoms with Crippen LogP contribution in [0, 0.1) is 0 Å². The Labute approximate surface area is 209 Å². The molecule has 2 aliphatic rings. The second-order valence-electron chi connectivity index (χ2n) is 9.42. The Balaban J connectivity index is 1.41. The third-order valence-electron chi connectivity index (χ3n) is 7.28. The van der Waals surface area contributed by atoms with E-state index in [1.807, 2.05) is 60.5 Å². The van der Waals surface area contributed by atoms with Crippen molar-refractivity contribution in [1.29, 1.82) is 0 Å². The average Bonchev–Trinajstić information content (AvgIpc) is 3.37. The van der Waals surface area contributed by atoms with Crippen molar-refractivity contribution < 1.29 is 9.59 Å². The highest BCUT2D eigenvalue weighted by Gasteiger charge is 2.32. The van der Waals surface area contributed by atoms with E-state index in [1.165, 1.54) is 0 Å². The van der Waals surface area contributed by atoms with Crippen LogP contribution < -0.4 is 5.32 Å². The summed E-state index contributed by atoms with van der Waals surface area (Å²) in [7, 11) is 0. The van der Waals surface area contributed by atoms with E-state index >= 15 is 0 Å². The number of piperidine rings is 1. The monoisotopic (exact) mass is 480 g/mol. The van der Waals surface area contributed by atoms with Gasteiger partial charge in [0.2, 0.25) is 5.91 Å². The van der Waals surface area contributed by atoms with E-state index < -0.39 is 0 Å². The van der Waals surface area contributed by atoms with Crippen molar-refractivity contribution in [2.75, 3.05) is 25.0 Å². The maximum absolute atomic E-state index is 13.1. The summed E-state index contributed by atoms with van der Waals surface area (Å²) in [6.07, 6.45) is 6.21. The molecule has 1 N–H and O–H groups in total. The fourth-order valence-electron chi connectivity index (χ4n) is 5.33. The summed E-state index contributed by atoms with van der Waals surface area (Å²) >= 11 is 0. The molecule has 182 valence electrons. The fourth-order valence-corrected chi connectivity index (χ4v) is 5.33. The van der Waals surface area contributed by atoms with Gasteiger partial charge in [-0.15, -0.1) is 0 Å². The van der Waals surface area contributed by atoms with Crippen LogP contribution in [0.25, 0.3) is 28.0 Å². The molecule has 1 aromatic carbocycles. The van der Waals surface area contributed by atoms with E-state index in [-0.39, 0.29) is 17.6 Å². The largest absolute Gasteiger partial charge is 0.369 e. The van der Waals surface area contributed by atoms with Crippen molar-refractivity contribution in [3.63, 3.8) is 0 Å². The van der Waals surface area contributed by atoms with Crippen LogP contribution in [0.4, 0.5) is 5.82 Å². The second-order valence-corrected chi connectivity index (χ2v) is 9.42. The van der Waals surface area contributed by atoms with Crippen molar-refractivity contribution in [2.24, 2.45) is 0 Å². The number of likely N-dealkylation sites (tertiary alicyclic amines) is 1. The smallest absolute Gasteiger partial charge is 0.222 e. The van der Waals surface area contributed by atoms with Crippen LogP contribution in [0.2, 0.25) is 0 Å². The van der Waals surface area contributed by atoms with Crippen molar-refractivity contribution in [3.05, 3.63) is 66.1 Å². The summed E-state index contributed by atoms with van der Waals surface area (Å²) in [5, 5.41) is 8.02. The first kappa shape index (κ1) is 22.4. The average molecular weight is 481 g/mol. The van der Waals surface area contributed by atoms with Gasteiger partial charge in [-0.25, -0.2) is 4.98 Å². The molecule has 2 aliphatic heterocycles. The van der Waals surface area contributed by atoms with Gasteiger partial charge in [0.15, 0.2) is 11.4 Å². The predicted molar refractivity (Wildman–Crippen MR) is 138 cm³/mol. The van der Waals surface area contributed by atoms with Crippen molar-refractivity contribution in [3.8, 4) is 22.4 Å². The molecule has 0 radical (unpaired) electrons. The maximum Gasteiger partial charge on any atom is 0.222 e. The van der Waals surface area contributed by atoms with Gasteiger partial charge in [-0.05, 0) is 18.9 Å². The summed E-state index contributed by atoms with van der Waals surface area (Å²) in [6.45, 7) is 3.86. The van der Waals surface area contributed by atoms with Gasteiger partial charge >= 0.3 is 0 Å². The zero-order valence-electron chi connectivity index (χ0n) is 20.3. The SMILES string of the molecule is CCC(=O)N1CCC(c2nc3c(-c4ccc(-c5ccccc5)nc4)cnn3c3c2C(=O)CCN3)CC1. The van der Waals surface area contributed by atoms with Gasteiger partial charge in [0.25, 0.3) is 0 Å². The standard InChI is InChI=1S/C28H28N6O2/c1-2-24(36)33-14-11-19(12-15-33)26-25-23(35)10-13-29-28(25)34-27(32-26)21(17-31-34)20-8-9-22(30-16-20)18-6-4-3-5-7-18/h3-9,16-17,19,29H,2,10-15H2,1H3. The van der Waals surface area contributed by atoms with Crippen LogP contribution in [0.1, 0.15) is 54.6 Å². The third kappa shape index (κ3) is 3.82. The lowest BCUT2D eigenvalue weighted by molar-refractivity contribution is -0.131. The third-order valence-corrected chi connectivity index (χ3v) is 7.28. The van der Waals surface area contributed by atoms with Crippen LogP contribution in [0.3, 0.4) is 0 Å². The molecular weight excluding hydrogens is 452 g/mol. The number of ketones is 1. The van der Waals surface area contributed by atoms with Crippen LogP contribution in [-0.4, -0.2) is 55.8 Å². The summed E-state index contributed by atoms with van der Waals surface area (Å²) in [5.41, 5.74) is 5.97. The number of hydrogen-bond donors (Lipinski definition) is 1.